The first kappa shape index (κ1) is 30.5. The highest BCUT2D eigenvalue weighted by Crippen LogP contribution is 2.47. The van der Waals surface area contributed by atoms with Crippen LogP contribution < -0.4 is 5.32 Å². The van der Waals surface area contributed by atoms with Crippen molar-refractivity contribution < 1.29 is 24.1 Å². The average molecular weight is 592 g/mol. The summed E-state index contributed by atoms with van der Waals surface area (Å²) < 4.78 is 18.7. The van der Waals surface area contributed by atoms with Crippen LogP contribution in [0.25, 0.3) is 0 Å². The highest BCUT2D eigenvalue weighted by molar-refractivity contribution is 5.77. The highest BCUT2D eigenvalue weighted by atomic mass is 16.5. The molecule has 5 atom stereocenters. The second-order valence-electron chi connectivity index (χ2n) is 13.3. The molecule has 1 saturated heterocycles. The van der Waals surface area contributed by atoms with Crippen molar-refractivity contribution in [1.82, 2.24) is 9.88 Å². The van der Waals surface area contributed by atoms with Gasteiger partial charge in [0.05, 0.1) is 19.3 Å². The number of fused-ring (bicyclic) bond motifs is 3. The zero-order chi connectivity index (χ0) is 30.0. The lowest BCUT2D eigenvalue weighted by atomic mass is 9.75. The van der Waals surface area contributed by atoms with Crippen molar-refractivity contribution in [3.63, 3.8) is 0 Å². The fourth-order valence-corrected chi connectivity index (χ4v) is 7.86. The van der Waals surface area contributed by atoms with Gasteiger partial charge in [0.1, 0.15) is 17.5 Å². The zero-order valence-corrected chi connectivity index (χ0v) is 26.2. The van der Waals surface area contributed by atoms with E-state index >= 15 is 0 Å². The Morgan fingerprint density at radius 1 is 1.26 bits per heavy atom. The lowest BCUT2D eigenvalue weighted by Crippen LogP contribution is -2.45. The van der Waals surface area contributed by atoms with Gasteiger partial charge in [-0.15, -0.1) is 0 Å². The molecule has 4 aliphatic rings. The summed E-state index contributed by atoms with van der Waals surface area (Å²) in [5.41, 5.74) is 6.29. The molecule has 8 heteroatoms. The van der Waals surface area contributed by atoms with Crippen LogP contribution in [0.3, 0.4) is 0 Å². The van der Waals surface area contributed by atoms with Crippen molar-refractivity contribution in [2.75, 3.05) is 45.3 Å². The van der Waals surface area contributed by atoms with Gasteiger partial charge in [-0.05, 0) is 106 Å². The third kappa shape index (κ3) is 6.48. The fourth-order valence-electron chi connectivity index (χ4n) is 7.86. The number of hydrogen-bond donors (Lipinski definition) is 2. The van der Waals surface area contributed by atoms with Gasteiger partial charge >= 0.3 is 5.97 Å². The quantitative estimate of drug-likeness (QED) is 0.330. The average Bonchev–Trinajstić information content (AvgIpc) is 3.48. The van der Waals surface area contributed by atoms with Gasteiger partial charge < -0.3 is 24.6 Å². The number of unbranched alkanes of at least 4 members (excludes halogenated alkanes) is 1. The number of ether oxygens (including phenoxy) is 3. The molecule has 0 radical (unpaired) electrons. The van der Waals surface area contributed by atoms with Gasteiger partial charge in [-0.3, -0.25) is 9.69 Å². The minimum absolute atomic E-state index is 0.126. The van der Waals surface area contributed by atoms with Crippen molar-refractivity contribution in [1.29, 1.82) is 0 Å². The van der Waals surface area contributed by atoms with Crippen LogP contribution in [0, 0.1) is 6.92 Å². The second-order valence-corrected chi connectivity index (χ2v) is 13.3. The maximum absolute atomic E-state index is 13.0. The van der Waals surface area contributed by atoms with Gasteiger partial charge in [-0.25, -0.2) is 4.98 Å². The number of likely N-dealkylation sites (N-methyl/N-ethyl adjacent to an activating group) is 1. The number of nitrogens with one attached hydrogen (secondary N) is 1. The Bertz CT molecular complexity index is 1290. The molecule has 0 bridgehead atoms. The summed E-state index contributed by atoms with van der Waals surface area (Å²) in [7, 11) is 1.99. The minimum Gasteiger partial charge on any atom is -0.480 e. The Morgan fingerprint density at radius 3 is 2.95 bits per heavy atom. The normalized spacial score (nSPS) is 27.5. The van der Waals surface area contributed by atoms with Crippen LogP contribution in [0.2, 0.25) is 0 Å². The van der Waals surface area contributed by atoms with E-state index in [1.807, 2.05) is 7.05 Å². The first-order valence-corrected chi connectivity index (χ1v) is 16.5. The van der Waals surface area contributed by atoms with E-state index in [4.69, 9.17) is 19.2 Å². The standard InChI is InChI=1S/C35H49N3O5/c1-23-18-29(31-24(2)21-43-35(30(31)19-23)14-7-16-41-22-35)32(34(39)40)38(3)27-12-13-28(20-27)42-17-5-4-9-26-11-10-25-8-6-15-36-33(25)37-26/h10-11,18-19,24,27-28,32H,4-9,12-17,20-22H2,1-3H3,(H,36,37)(H,39,40)/t24-,27+,28+,32-,35-/m1/s1. The molecule has 0 unspecified atom stereocenters. The van der Waals surface area contributed by atoms with Crippen LogP contribution >= 0.6 is 0 Å². The van der Waals surface area contributed by atoms with Crippen molar-refractivity contribution in [2.45, 2.75) is 108 Å². The van der Waals surface area contributed by atoms with E-state index in [2.05, 4.69) is 48.3 Å². The van der Waals surface area contributed by atoms with Gasteiger partial charge in [0.25, 0.3) is 0 Å². The van der Waals surface area contributed by atoms with E-state index < -0.39 is 17.6 Å². The summed E-state index contributed by atoms with van der Waals surface area (Å²) in [6.07, 6.45) is 10.1. The predicted octanol–water partition coefficient (Wildman–Crippen LogP) is 5.91. The Kier molecular flexibility index (Phi) is 9.38. The molecule has 2 N–H and O–H groups in total. The molecule has 4 heterocycles. The largest absolute Gasteiger partial charge is 0.480 e. The van der Waals surface area contributed by atoms with Gasteiger partial charge in [0, 0.05) is 37.4 Å². The molecule has 8 nitrogen and oxygen atoms in total. The third-order valence-corrected chi connectivity index (χ3v) is 10.2. The molecular weight excluding hydrogens is 542 g/mol. The van der Waals surface area contributed by atoms with Crippen molar-refractivity contribution >= 4 is 11.8 Å². The number of aryl methyl sites for hydroxylation is 3. The fraction of sp³-hybridized carbons (Fsp3) is 0.657. The Labute approximate surface area is 256 Å². The number of rotatable bonds is 10. The van der Waals surface area contributed by atoms with Crippen molar-refractivity contribution in [3.8, 4) is 0 Å². The predicted molar refractivity (Wildman–Crippen MR) is 167 cm³/mol. The number of carboxylic acid groups (broad SMARTS) is 1. The van der Waals surface area contributed by atoms with Crippen molar-refractivity contribution in [2.24, 2.45) is 0 Å². The van der Waals surface area contributed by atoms with Crippen LogP contribution in [0.1, 0.15) is 104 Å². The number of carbonyl (C=O) groups is 1. The number of pyridine rings is 1. The van der Waals surface area contributed by atoms with Crippen LogP contribution in [0.15, 0.2) is 24.3 Å². The van der Waals surface area contributed by atoms with E-state index in [1.165, 1.54) is 12.0 Å². The van der Waals surface area contributed by atoms with Crippen LogP contribution in [0.5, 0.6) is 0 Å². The molecule has 2 aromatic rings. The van der Waals surface area contributed by atoms with E-state index in [0.717, 1.165) is 111 Å². The van der Waals surface area contributed by atoms with Crippen LogP contribution in [-0.2, 0) is 37.4 Å². The van der Waals surface area contributed by atoms with E-state index in [1.54, 1.807) is 0 Å². The highest BCUT2D eigenvalue weighted by Gasteiger charge is 2.45. The zero-order valence-electron chi connectivity index (χ0n) is 26.2. The lowest BCUT2D eigenvalue weighted by molar-refractivity contribution is -0.147. The van der Waals surface area contributed by atoms with Crippen LogP contribution in [-0.4, -0.2) is 73.1 Å². The SMILES string of the molecule is Cc1cc([C@H](C(=O)O)N(C)[C@H]2CC[C@H](OCCCCc3ccc4c(n3)NCCC4)C2)c2c(c1)[C@]1(CCCOC1)OC[C@H]2C. The number of aromatic nitrogens is 1. The van der Waals surface area contributed by atoms with Crippen molar-refractivity contribution in [3.05, 3.63) is 57.8 Å². The van der Waals surface area contributed by atoms with E-state index in [0.29, 0.717) is 13.2 Å². The van der Waals surface area contributed by atoms with E-state index in [9.17, 15) is 9.90 Å². The molecule has 6 rings (SSSR count). The number of hydrogen-bond acceptors (Lipinski definition) is 7. The summed E-state index contributed by atoms with van der Waals surface area (Å²) in [6, 6.07) is 8.16. The van der Waals surface area contributed by atoms with Gasteiger partial charge in [-0.1, -0.05) is 30.7 Å². The second kappa shape index (κ2) is 13.2. The van der Waals surface area contributed by atoms with Gasteiger partial charge in [-0.2, -0.15) is 0 Å². The number of aliphatic carboxylic acids is 1. The summed E-state index contributed by atoms with van der Waals surface area (Å²) >= 11 is 0. The number of benzene rings is 1. The smallest absolute Gasteiger partial charge is 0.325 e. The summed E-state index contributed by atoms with van der Waals surface area (Å²) in [5.74, 6) is 0.399. The summed E-state index contributed by atoms with van der Waals surface area (Å²) in [6.45, 7) is 7.85. The molecule has 1 saturated carbocycles. The molecular formula is C35H49N3O5. The topological polar surface area (TPSA) is 93.2 Å². The lowest BCUT2D eigenvalue weighted by Gasteiger charge is -2.45. The molecule has 0 amide bonds. The maximum atomic E-state index is 13.0. The molecule has 2 fully saturated rings. The molecule has 1 spiro atoms. The third-order valence-electron chi connectivity index (χ3n) is 10.2. The molecule has 1 aliphatic carbocycles. The summed E-state index contributed by atoms with van der Waals surface area (Å²) in [4.78, 5) is 19.9. The monoisotopic (exact) mass is 591 g/mol. The molecule has 43 heavy (non-hydrogen) atoms. The summed E-state index contributed by atoms with van der Waals surface area (Å²) in [5, 5.41) is 14.1. The number of anilines is 1. The molecule has 1 aromatic carbocycles. The Balaban J connectivity index is 1.07. The van der Waals surface area contributed by atoms with Gasteiger partial charge in [0.15, 0.2) is 0 Å². The molecule has 1 aromatic heterocycles. The Hall–Kier alpha value is -2.52. The van der Waals surface area contributed by atoms with Gasteiger partial charge in [0.2, 0.25) is 0 Å². The maximum Gasteiger partial charge on any atom is 0.325 e. The van der Waals surface area contributed by atoms with E-state index in [-0.39, 0.29) is 18.1 Å². The first-order chi connectivity index (χ1) is 20.8. The number of nitrogens with zero attached hydrogens (tertiary/aromatic N) is 2. The van der Waals surface area contributed by atoms with Crippen LogP contribution in [0.4, 0.5) is 5.82 Å². The first-order valence-electron chi connectivity index (χ1n) is 16.5. The molecule has 234 valence electrons. The number of carboxylic acids is 1. The minimum atomic E-state index is -0.793. The Morgan fingerprint density at radius 2 is 2.14 bits per heavy atom. The molecule has 3 aliphatic heterocycles.